The number of sulfonamides is 1. The Kier molecular flexibility index (Phi) is 5.36. The molecule has 0 atom stereocenters. The molecule has 3 rings (SSSR count). The van der Waals surface area contributed by atoms with Gasteiger partial charge in [0.05, 0.1) is 18.1 Å². The summed E-state index contributed by atoms with van der Waals surface area (Å²) in [6.07, 6.45) is 0. The Morgan fingerprint density at radius 3 is 2.40 bits per heavy atom. The molecule has 7 heteroatoms. The molecule has 1 aliphatic rings. The van der Waals surface area contributed by atoms with Gasteiger partial charge in [0.25, 0.3) is 0 Å². The van der Waals surface area contributed by atoms with Crippen LogP contribution in [0.1, 0.15) is 5.56 Å². The van der Waals surface area contributed by atoms with E-state index in [0.717, 1.165) is 36.5 Å². The number of ether oxygens (including phenoxy) is 1. The first-order valence-electron chi connectivity index (χ1n) is 8.11. The third kappa shape index (κ3) is 4.00. The Morgan fingerprint density at radius 2 is 1.72 bits per heavy atom. The van der Waals surface area contributed by atoms with Gasteiger partial charge in [0.15, 0.2) is 0 Å². The smallest absolute Gasteiger partial charge is 0.243 e. The molecule has 1 heterocycles. The number of morpholine rings is 1. The third-order valence-corrected chi connectivity index (χ3v) is 6.08. The molecule has 134 valence electrons. The zero-order valence-corrected chi connectivity index (χ0v) is 14.9. The summed E-state index contributed by atoms with van der Waals surface area (Å²) in [5.74, 6) is -0.459. The predicted molar refractivity (Wildman–Crippen MR) is 94.5 cm³/mol. The second-order valence-corrected chi connectivity index (χ2v) is 7.99. The van der Waals surface area contributed by atoms with Crippen LogP contribution in [0.25, 0.3) is 0 Å². The average Bonchev–Trinajstić information content (AvgIpc) is 2.63. The lowest BCUT2D eigenvalue weighted by atomic mass is 10.1. The van der Waals surface area contributed by atoms with Crippen LogP contribution in [0.4, 0.5) is 10.1 Å². The molecule has 1 aliphatic heterocycles. The topological polar surface area (TPSA) is 49.9 Å². The summed E-state index contributed by atoms with van der Waals surface area (Å²) in [5.41, 5.74) is 1.95. The van der Waals surface area contributed by atoms with Crippen molar-refractivity contribution in [2.24, 2.45) is 0 Å². The first-order chi connectivity index (χ1) is 12.0. The van der Waals surface area contributed by atoms with Gasteiger partial charge in [0, 0.05) is 32.4 Å². The van der Waals surface area contributed by atoms with Gasteiger partial charge in [-0.05, 0) is 35.9 Å². The summed E-state index contributed by atoms with van der Waals surface area (Å²) in [4.78, 5) is 2.29. The van der Waals surface area contributed by atoms with Gasteiger partial charge in [-0.25, -0.2) is 12.8 Å². The number of rotatable bonds is 5. The molecular formula is C18H21FN2O3S. The normalized spacial score (nSPS) is 15.6. The lowest BCUT2D eigenvalue weighted by Crippen LogP contribution is -2.37. The van der Waals surface area contributed by atoms with Crippen molar-refractivity contribution in [3.8, 4) is 0 Å². The van der Waals surface area contributed by atoms with Crippen molar-refractivity contribution in [3.05, 3.63) is 59.9 Å². The van der Waals surface area contributed by atoms with Gasteiger partial charge in [-0.15, -0.1) is 0 Å². The Morgan fingerprint density at radius 1 is 1.08 bits per heavy atom. The summed E-state index contributed by atoms with van der Waals surface area (Å²) in [5, 5.41) is 0. The van der Waals surface area contributed by atoms with E-state index in [-0.39, 0.29) is 11.4 Å². The molecule has 0 bridgehead atoms. The van der Waals surface area contributed by atoms with Crippen molar-refractivity contribution >= 4 is 15.7 Å². The molecule has 0 radical (unpaired) electrons. The molecule has 1 saturated heterocycles. The largest absolute Gasteiger partial charge is 0.378 e. The molecule has 2 aromatic carbocycles. The highest BCUT2D eigenvalue weighted by Gasteiger charge is 2.23. The maximum Gasteiger partial charge on any atom is 0.243 e. The Hall–Kier alpha value is -1.96. The maximum atomic E-state index is 13.1. The highest BCUT2D eigenvalue weighted by Crippen LogP contribution is 2.25. The van der Waals surface area contributed by atoms with E-state index >= 15 is 0 Å². The standard InChI is InChI=1S/C18H21FN2O3S/c1-20(25(22,23)17-8-6-16(19)7-9-17)14-15-4-2-3-5-18(15)21-10-12-24-13-11-21/h2-9H,10-14H2,1H3. The average molecular weight is 364 g/mol. The summed E-state index contributed by atoms with van der Waals surface area (Å²) in [6.45, 7) is 3.14. The number of para-hydroxylation sites is 1. The zero-order valence-electron chi connectivity index (χ0n) is 14.1. The van der Waals surface area contributed by atoms with Crippen molar-refractivity contribution < 1.29 is 17.5 Å². The van der Waals surface area contributed by atoms with Crippen molar-refractivity contribution in [1.82, 2.24) is 4.31 Å². The summed E-state index contributed by atoms with van der Waals surface area (Å²) >= 11 is 0. The number of hydrogen-bond acceptors (Lipinski definition) is 4. The minimum absolute atomic E-state index is 0.0836. The quantitative estimate of drug-likeness (QED) is 0.818. The molecule has 0 amide bonds. The number of nitrogens with zero attached hydrogens (tertiary/aromatic N) is 2. The van der Waals surface area contributed by atoms with Gasteiger partial charge >= 0.3 is 0 Å². The van der Waals surface area contributed by atoms with Crippen LogP contribution in [-0.2, 0) is 21.3 Å². The van der Waals surface area contributed by atoms with Crippen molar-refractivity contribution in [2.45, 2.75) is 11.4 Å². The van der Waals surface area contributed by atoms with Crippen LogP contribution in [0.5, 0.6) is 0 Å². The Balaban J connectivity index is 1.83. The maximum absolute atomic E-state index is 13.1. The first-order valence-corrected chi connectivity index (χ1v) is 9.55. The molecule has 0 N–H and O–H groups in total. The van der Waals surface area contributed by atoms with Gasteiger partial charge in [0.2, 0.25) is 10.0 Å². The second kappa shape index (κ2) is 7.51. The Bertz CT molecular complexity index is 818. The van der Waals surface area contributed by atoms with Crippen molar-refractivity contribution in [1.29, 1.82) is 0 Å². The van der Waals surface area contributed by atoms with Crippen LogP contribution in [0, 0.1) is 5.82 Å². The summed E-state index contributed by atoms with van der Waals surface area (Å²) < 4.78 is 45.1. The molecular weight excluding hydrogens is 343 g/mol. The van der Waals surface area contributed by atoms with Crippen LogP contribution in [0.2, 0.25) is 0 Å². The fourth-order valence-electron chi connectivity index (χ4n) is 2.87. The number of anilines is 1. The van der Waals surface area contributed by atoms with Gasteiger partial charge in [0.1, 0.15) is 5.82 Å². The van der Waals surface area contributed by atoms with E-state index in [0.29, 0.717) is 13.2 Å². The highest BCUT2D eigenvalue weighted by atomic mass is 32.2. The minimum atomic E-state index is -3.68. The molecule has 1 fully saturated rings. The number of hydrogen-bond donors (Lipinski definition) is 0. The van der Waals surface area contributed by atoms with E-state index in [1.54, 1.807) is 0 Å². The lowest BCUT2D eigenvalue weighted by Gasteiger charge is -2.31. The van der Waals surface area contributed by atoms with Crippen LogP contribution in [0.15, 0.2) is 53.4 Å². The van der Waals surface area contributed by atoms with Crippen LogP contribution >= 0.6 is 0 Å². The van der Waals surface area contributed by atoms with Crippen LogP contribution in [0.3, 0.4) is 0 Å². The second-order valence-electron chi connectivity index (χ2n) is 5.94. The SMILES string of the molecule is CN(Cc1ccccc1N1CCOCC1)S(=O)(=O)c1ccc(F)cc1. The molecule has 25 heavy (non-hydrogen) atoms. The van der Waals surface area contributed by atoms with E-state index in [9.17, 15) is 12.8 Å². The van der Waals surface area contributed by atoms with Gasteiger partial charge in [-0.2, -0.15) is 4.31 Å². The van der Waals surface area contributed by atoms with E-state index < -0.39 is 15.8 Å². The lowest BCUT2D eigenvalue weighted by molar-refractivity contribution is 0.122. The Labute approximate surface area is 147 Å². The minimum Gasteiger partial charge on any atom is -0.378 e. The van der Waals surface area contributed by atoms with E-state index in [1.807, 2.05) is 24.3 Å². The molecule has 2 aromatic rings. The monoisotopic (exact) mass is 364 g/mol. The molecule has 0 aromatic heterocycles. The fourth-order valence-corrected chi connectivity index (χ4v) is 4.02. The van der Waals surface area contributed by atoms with E-state index in [4.69, 9.17) is 4.74 Å². The highest BCUT2D eigenvalue weighted by molar-refractivity contribution is 7.89. The first kappa shape index (κ1) is 17.8. The van der Waals surface area contributed by atoms with E-state index in [1.165, 1.54) is 23.5 Å². The van der Waals surface area contributed by atoms with Crippen LogP contribution in [-0.4, -0.2) is 46.1 Å². The van der Waals surface area contributed by atoms with Crippen molar-refractivity contribution in [2.75, 3.05) is 38.3 Å². The number of halogens is 1. The van der Waals surface area contributed by atoms with Crippen molar-refractivity contribution in [3.63, 3.8) is 0 Å². The molecule has 5 nitrogen and oxygen atoms in total. The molecule has 0 aliphatic carbocycles. The summed E-state index contributed by atoms with van der Waals surface area (Å²) in [7, 11) is -2.14. The van der Waals surface area contributed by atoms with E-state index in [2.05, 4.69) is 4.90 Å². The third-order valence-electron chi connectivity index (χ3n) is 4.26. The molecule has 0 saturated carbocycles. The van der Waals surface area contributed by atoms with Gasteiger partial charge in [-0.3, -0.25) is 0 Å². The fraction of sp³-hybridized carbons (Fsp3) is 0.333. The van der Waals surface area contributed by atoms with Gasteiger partial charge in [-0.1, -0.05) is 18.2 Å². The zero-order chi connectivity index (χ0) is 17.9. The van der Waals surface area contributed by atoms with Crippen LogP contribution < -0.4 is 4.90 Å². The number of benzene rings is 2. The predicted octanol–water partition coefficient (Wildman–Crippen LogP) is 2.48. The summed E-state index contributed by atoms with van der Waals surface area (Å²) in [6, 6.07) is 12.7. The molecule has 0 spiro atoms. The molecule has 0 unspecified atom stereocenters. The van der Waals surface area contributed by atoms with Gasteiger partial charge < -0.3 is 9.64 Å².